The Morgan fingerprint density at radius 1 is 1.11 bits per heavy atom. The van der Waals surface area contributed by atoms with Crippen molar-refractivity contribution in [3.63, 3.8) is 0 Å². The van der Waals surface area contributed by atoms with Crippen LogP contribution in [0.3, 0.4) is 0 Å². The van der Waals surface area contributed by atoms with E-state index in [2.05, 4.69) is 30.9 Å². The largest absolute Gasteiger partial charge is 0.480 e. The van der Waals surface area contributed by atoms with Gasteiger partial charge >= 0.3 is 5.97 Å². The van der Waals surface area contributed by atoms with Gasteiger partial charge in [0, 0.05) is 24.9 Å². The lowest BCUT2D eigenvalue weighted by Gasteiger charge is -2.28. The topological polar surface area (TPSA) is 244 Å². The molecule has 0 radical (unpaired) electrons. The van der Waals surface area contributed by atoms with E-state index in [0.717, 1.165) is 0 Å². The molecule has 1 aromatic rings. The average Bonchev–Trinajstić information content (AvgIpc) is 3.38. The molecule has 14 nitrogen and oxygen atoms in total. The number of aliphatic imine (C=N–C) groups is 1. The fourth-order valence-corrected chi connectivity index (χ4v) is 3.96. The number of rotatable bonds is 18. The van der Waals surface area contributed by atoms with Crippen molar-refractivity contribution in [2.75, 3.05) is 18.6 Å². The van der Waals surface area contributed by atoms with Gasteiger partial charge in [0.15, 0.2) is 5.96 Å². The lowest BCUT2D eigenvalue weighted by molar-refractivity contribution is -0.143. The Morgan fingerprint density at radius 2 is 1.79 bits per heavy atom. The average molecular weight is 556 g/mol. The molecule has 15 heteroatoms. The maximum Gasteiger partial charge on any atom is 0.326 e. The van der Waals surface area contributed by atoms with Crippen molar-refractivity contribution in [1.29, 1.82) is 0 Å². The predicted molar refractivity (Wildman–Crippen MR) is 146 cm³/mol. The molecule has 1 aromatic heterocycles. The highest BCUT2D eigenvalue weighted by atomic mass is 32.2. The second-order valence-corrected chi connectivity index (χ2v) is 9.94. The first-order valence-electron chi connectivity index (χ1n) is 12.4. The Hall–Kier alpha value is -3.33. The van der Waals surface area contributed by atoms with E-state index in [0.29, 0.717) is 30.7 Å². The van der Waals surface area contributed by atoms with Gasteiger partial charge in [-0.2, -0.15) is 11.8 Å². The molecule has 11 N–H and O–H groups in total. The number of hydrogen-bond acceptors (Lipinski definition) is 8. The third kappa shape index (κ3) is 11.8. The molecule has 38 heavy (non-hydrogen) atoms. The van der Waals surface area contributed by atoms with E-state index < -0.39 is 47.9 Å². The predicted octanol–water partition coefficient (Wildman–Crippen LogP) is -1.33. The van der Waals surface area contributed by atoms with E-state index in [-0.39, 0.29) is 31.3 Å². The van der Waals surface area contributed by atoms with Crippen LogP contribution in [0, 0.1) is 5.92 Å². The zero-order chi connectivity index (χ0) is 28.7. The molecule has 1 rings (SSSR count). The summed E-state index contributed by atoms with van der Waals surface area (Å²) in [6.07, 6.45) is 6.40. The number of nitrogens with one attached hydrogen (secondary N) is 4. The fourth-order valence-electron chi connectivity index (χ4n) is 3.49. The number of carboxylic acids is 1. The first-order chi connectivity index (χ1) is 18.0. The van der Waals surface area contributed by atoms with Gasteiger partial charge in [0.05, 0.1) is 12.4 Å². The van der Waals surface area contributed by atoms with Crippen LogP contribution in [-0.2, 0) is 25.6 Å². The number of H-pyrrole nitrogens is 1. The Labute approximate surface area is 226 Å². The first-order valence-corrected chi connectivity index (χ1v) is 13.8. The van der Waals surface area contributed by atoms with Crippen molar-refractivity contribution >= 4 is 41.4 Å². The number of aliphatic carboxylic acids is 1. The highest BCUT2D eigenvalue weighted by Crippen LogP contribution is 2.11. The summed E-state index contributed by atoms with van der Waals surface area (Å²) in [5.74, 6) is -2.76. The van der Waals surface area contributed by atoms with E-state index in [1.54, 1.807) is 13.1 Å². The van der Waals surface area contributed by atoms with Crippen LogP contribution in [0.2, 0.25) is 0 Å². The van der Waals surface area contributed by atoms with Crippen molar-refractivity contribution in [2.24, 2.45) is 28.1 Å². The highest BCUT2D eigenvalue weighted by Gasteiger charge is 2.32. The van der Waals surface area contributed by atoms with Crippen molar-refractivity contribution in [2.45, 2.75) is 70.1 Å². The Bertz CT molecular complexity index is 924. The third-order valence-electron chi connectivity index (χ3n) is 5.93. The number of imidazole rings is 1. The lowest BCUT2D eigenvalue weighted by atomic mass is 9.97. The normalized spacial score (nSPS) is 14.8. The second kappa shape index (κ2) is 17.2. The summed E-state index contributed by atoms with van der Waals surface area (Å²) in [5.41, 5.74) is 17.3. The van der Waals surface area contributed by atoms with E-state index in [1.165, 1.54) is 18.1 Å². The van der Waals surface area contributed by atoms with Gasteiger partial charge in [-0.25, -0.2) is 9.78 Å². The number of aromatic amines is 1. The molecule has 214 valence electrons. The molecular formula is C23H41N9O5S. The molecule has 0 aliphatic heterocycles. The molecule has 0 bridgehead atoms. The molecule has 5 atom stereocenters. The molecule has 0 saturated carbocycles. The van der Waals surface area contributed by atoms with E-state index in [9.17, 15) is 24.3 Å². The molecule has 0 aliphatic carbocycles. The first kappa shape index (κ1) is 32.7. The van der Waals surface area contributed by atoms with Crippen LogP contribution in [0.4, 0.5) is 0 Å². The summed E-state index contributed by atoms with van der Waals surface area (Å²) in [7, 11) is 0. The van der Waals surface area contributed by atoms with Crippen LogP contribution in [0.15, 0.2) is 17.5 Å². The Kier molecular flexibility index (Phi) is 14.8. The maximum absolute atomic E-state index is 13.2. The lowest BCUT2D eigenvalue weighted by Crippen LogP contribution is -2.58. The SMILES string of the molecule is CCC(C)C(NC(=O)C(CCSC)NC(=O)C(N)Cc1cnc[nH]1)C(=O)NC(CCCN=C(N)N)C(=O)O. The highest BCUT2D eigenvalue weighted by molar-refractivity contribution is 7.98. The smallest absolute Gasteiger partial charge is 0.326 e. The number of aromatic nitrogens is 2. The van der Waals surface area contributed by atoms with Crippen molar-refractivity contribution in [3.05, 3.63) is 18.2 Å². The van der Waals surface area contributed by atoms with Gasteiger partial charge in [0.2, 0.25) is 17.7 Å². The second-order valence-electron chi connectivity index (χ2n) is 8.95. The van der Waals surface area contributed by atoms with E-state index in [4.69, 9.17) is 17.2 Å². The number of amides is 3. The van der Waals surface area contributed by atoms with E-state index in [1.807, 2.05) is 13.2 Å². The summed E-state index contributed by atoms with van der Waals surface area (Å²) < 4.78 is 0. The van der Waals surface area contributed by atoms with Crippen LogP contribution in [0.5, 0.6) is 0 Å². The van der Waals surface area contributed by atoms with Gasteiger partial charge in [0.1, 0.15) is 18.1 Å². The molecule has 1 heterocycles. The van der Waals surface area contributed by atoms with Crippen LogP contribution >= 0.6 is 11.8 Å². The van der Waals surface area contributed by atoms with Crippen molar-refractivity contribution in [3.8, 4) is 0 Å². The summed E-state index contributed by atoms with van der Waals surface area (Å²) in [5, 5.41) is 17.5. The number of carbonyl (C=O) groups excluding carboxylic acids is 3. The number of nitrogens with zero attached hydrogens (tertiary/aromatic N) is 2. The molecule has 0 aliphatic rings. The Balaban J connectivity index is 2.92. The number of thioether (sulfide) groups is 1. The molecule has 5 unspecified atom stereocenters. The number of guanidine groups is 1. The summed E-state index contributed by atoms with van der Waals surface area (Å²) in [6.45, 7) is 3.84. The molecule has 0 aromatic carbocycles. The van der Waals surface area contributed by atoms with Gasteiger partial charge < -0.3 is 43.2 Å². The summed E-state index contributed by atoms with van der Waals surface area (Å²) >= 11 is 1.50. The minimum Gasteiger partial charge on any atom is -0.480 e. The van der Waals surface area contributed by atoms with Gasteiger partial charge in [-0.1, -0.05) is 20.3 Å². The fraction of sp³-hybridized carbons (Fsp3) is 0.652. The molecule has 0 fully saturated rings. The van der Waals surface area contributed by atoms with Gasteiger partial charge in [-0.05, 0) is 37.2 Å². The van der Waals surface area contributed by atoms with Crippen LogP contribution in [-0.4, -0.2) is 87.4 Å². The quantitative estimate of drug-likeness (QED) is 0.0602. The van der Waals surface area contributed by atoms with Gasteiger partial charge in [-0.3, -0.25) is 19.4 Å². The molecule has 0 spiro atoms. The Morgan fingerprint density at radius 3 is 2.34 bits per heavy atom. The molecular weight excluding hydrogens is 514 g/mol. The third-order valence-corrected chi connectivity index (χ3v) is 6.57. The number of nitrogens with two attached hydrogens (primary N) is 3. The van der Waals surface area contributed by atoms with Crippen LogP contribution in [0.25, 0.3) is 0 Å². The maximum atomic E-state index is 13.2. The monoisotopic (exact) mass is 555 g/mol. The molecule has 3 amide bonds. The van der Waals surface area contributed by atoms with Crippen LogP contribution < -0.4 is 33.2 Å². The standard InChI is InChI=1S/C23H41N9O5S/c1-4-13(2)18(21(35)31-17(22(36)37)6-5-8-28-23(25)26)32-20(34)16(7-9-38-3)30-19(33)15(24)10-14-11-27-12-29-14/h11-13,15-18H,4-10,24H2,1-3H3,(H,27,29)(H,30,33)(H,31,35)(H,32,34)(H,36,37)(H4,25,26,28). The van der Waals surface area contributed by atoms with Crippen molar-refractivity contribution < 1.29 is 24.3 Å². The van der Waals surface area contributed by atoms with Crippen molar-refractivity contribution in [1.82, 2.24) is 25.9 Å². The van der Waals surface area contributed by atoms with Gasteiger partial charge in [0.25, 0.3) is 0 Å². The zero-order valence-electron chi connectivity index (χ0n) is 22.1. The minimum atomic E-state index is -1.21. The minimum absolute atomic E-state index is 0.0969. The van der Waals surface area contributed by atoms with Crippen LogP contribution in [0.1, 0.15) is 45.2 Å². The van der Waals surface area contributed by atoms with E-state index >= 15 is 0 Å². The number of carboxylic acid groups (broad SMARTS) is 1. The number of hydrogen-bond donors (Lipinski definition) is 8. The zero-order valence-corrected chi connectivity index (χ0v) is 22.9. The summed E-state index contributed by atoms with van der Waals surface area (Å²) in [6, 6.07) is -4.05. The molecule has 0 saturated heterocycles. The van der Waals surface area contributed by atoms with Gasteiger partial charge in [-0.15, -0.1) is 0 Å². The number of carbonyl (C=O) groups is 4. The summed E-state index contributed by atoms with van der Waals surface area (Å²) in [4.78, 5) is 61.3.